The molecular formula is C31H38ClN3O4S. The van der Waals surface area contributed by atoms with Gasteiger partial charge in [-0.2, -0.15) is 0 Å². The van der Waals surface area contributed by atoms with Gasteiger partial charge in [-0.15, -0.1) is 0 Å². The van der Waals surface area contributed by atoms with E-state index in [-0.39, 0.29) is 24.8 Å². The first kappa shape index (κ1) is 31.2. The minimum Gasteiger partial charge on any atom is -0.354 e. The number of amides is 2. The number of rotatable bonds is 12. The maximum atomic E-state index is 14.1. The molecule has 0 aliphatic carbocycles. The van der Waals surface area contributed by atoms with Crippen LogP contribution in [-0.4, -0.2) is 50.5 Å². The summed E-state index contributed by atoms with van der Waals surface area (Å²) in [6, 6.07) is 21.1. The van der Waals surface area contributed by atoms with Crippen molar-refractivity contribution in [3.8, 4) is 0 Å². The number of carbonyl (C=O) groups is 2. The molecule has 3 rings (SSSR count). The highest BCUT2D eigenvalue weighted by atomic mass is 35.5. The van der Waals surface area contributed by atoms with Crippen molar-refractivity contribution in [2.24, 2.45) is 5.92 Å². The molecule has 0 bridgehead atoms. The summed E-state index contributed by atoms with van der Waals surface area (Å²) in [7, 11) is -3.82. The number of sulfonamides is 1. The van der Waals surface area contributed by atoms with E-state index in [0.29, 0.717) is 17.3 Å². The number of hydrogen-bond donors (Lipinski definition) is 1. The first-order chi connectivity index (χ1) is 18.8. The van der Waals surface area contributed by atoms with Gasteiger partial charge in [0.05, 0.1) is 11.9 Å². The van der Waals surface area contributed by atoms with Crippen LogP contribution in [0.4, 0.5) is 5.69 Å². The molecule has 0 aromatic heterocycles. The molecule has 1 N–H and O–H groups in total. The van der Waals surface area contributed by atoms with Crippen molar-refractivity contribution in [1.29, 1.82) is 0 Å². The van der Waals surface area contributed by atoms with Gasteiger partial charge in [0.25, 0.3) is 0 Å². The Hall–Kier alpha value is -3.36. The molecule has 3 aromatic rings. The summed E-state index contributed by atoms with van der Waals surface area (Å²) in [6.45, 7) is 7.84. The second-order valence-corrected chi connectivity index (χ2v) is 12.9. The Morgan fingerprint density at radius 2 is 1.57 bits per heavy atom. The first-order valence-electron chi connectivity index (χ1n) is 13.3. The number of hydrogen-bond acceptors (Lipinski definition) is 4. The maximum Gasteiger partial charge on any atom is 0.244 e. The molecule has 3 aromatic carbocycles. The fourth-order valence-corrected chi connectivity index (χ4v) is 5.48. The van der Waals surface area contributed by atoms with Crippen molar-refractivity contribution >= 4 is 39.1 Å². The Morgan fingerprint density at radius 3 is 2.15 bits per heavy atom. The van der Waals surface area contributed by atoms with Gasteiger partial charge in [0, 0.05) is 24.5 Å². The molecule has 0 aliphatic rings. The van der Waals surface area contributed by atoms with Crippen LogP contribution in [0.2, 0.25) is 5.02 Å². The number of nitrogens with one attached hydrogen (secondary N) is 1. The number of carbonyl (C=O) groups excluding carboxylic acids is 2. The summed E-state index contributed by atoms with van der Waals surface area (Å²) < 4.78 is 27.0. The summed E-state index contributed by atoms with van der Waals surface area (Å²) in [5.74, 6) is -0.565. The summed E-state index contributed by atoms with van der Waals surface area (Å²) in [5, 5.41) is 3.53. The molecular weight excluding hydrogens is 546 g/mol. The minimum absolute atomic E-state index is 0.104. The zero-order valence-electron chi connectivity index (χ0n) is 23.7. The average Bonchev–Trinajstić information content (AvgIpc) is 2.89. The van der Waals surface area contributed by atoms with Crippen LogP contribution in [0.25, 0.3) is 0 Å². The largest absolute Gasteiger partial charge is 0.354 e. The SMILES string of the molecule is Cc1ccc(N(CC(=O)N(Cc2ccc(Cl)cc2)[C@@H](Cc2ccccc2)C(=O)NCC(C)C)S(C)(=O)=O)c(C)c1. The first-order valence-corrected chi connectivity index (χ1v) is 15.5. The predicted octanol–water partition coefficient (Wildman–Crippen LogP) is 5.14. The van der Waals surface area contributed by atoms with Gasteiger partial charge in [-0.1, -0.05) is 85.6 Å². The van der Waals surface area contributed by atoms with Crippen LogP contribution in [0.5, 0.6) is 0 Å². The molecule has 0 saturated heterocycles. The topological polar surface area (TPSA) is 86.8 Å². The van der Waals surface area contributed by atoms with Crippen molar-refractivity contribution in [3.63, 3.8) is 0 Å². The average molecular weight is 584 g/mol. The van der Waals surface area contributed by atoms with E-state index in [4.69, 9.17) is 11.6 Å². The number of nitrogens with zero attached hydrogens (tertiary/aromatic N) is 2. The van der Waals surface area contributed by atoms with Crippen LogP contribution in [0.1, 0.15) is 36.1 Å². The van der Waals surface area contributed by atoms with Gasteiger partial charge in [0.2, 0.25) is 21.8 Å². The molecule has 0 saturated carbocycles. The Bertz CT molecular complexity index is 1410. The van der Waals surface area contributed by atoms with Crippen LogP contribution in [-0.2, 0) is 32.6 Å². The smallest absolute Gasteiger partial charge is 0.244 e. The van der Waals surface area contributed by atoms with E-state index in [9.17, 15) is 18.0 Å². The maximum absolute atomic E-state index is 14.1. The summed E-state index contributed by atoms with van der Waals surface area (Å²) in [6.07, 6.45) is 1.35. The van der Waals surface area contributed by atoms with Crippen molar-refractivity contribution in [2.45, 2.75) is 46.7 Å². The van der Waals surface area contributed by atoms with Gasteiger partial charge in [-0.3, -0.25) is 13.9 Å². The Labute approximate surface area is 243 Å². The van der Waals surface area contributed by atoms with E-state index in [1.807, 2.05) is 70.2 Å². The molecule has 0 heterocycles. The lowest BCUT2D eigenvalue weighted by atomic mass is 10.0. The zero-order chi connectivity index (χ0) is 29.4. The van der Waals surface area contributed by atoms with Gasteiger partial charge in [0.1, 0.15) is 12.6 Å². The third kappa shape index (κ3) is 8.83. The van der Waals surface area contributed by atoms with E-state index in [1.54, 1.807) is 30.3 Å². The summed E-state index contributed by atoms with van der Waals surface area (Å²) in [5.41, 5.74) is 3.80. The normalized spacial score (nSPS) is 12.2. The standard InChI is InChI=1S/C31H38ClN3O4S/c1-22(2)19-33-31(37)29(18-25-9-7-6-8-10-25)34(20-26-12-14-27(32)15-13-26)30(36)21-35(40(5,38)39)28-16-11-23(3)17-24(28)4/h6-17,22,29H,18-21H2,1-5H3,(H,33,37)/t29-/m0/s1. The van der Waals surface area contributed by atoms with Crippen molar-refractivity contribution in [3.05, 3.63) is 100 Å². The van der Waals surface area contributed by atoms with Gasteiger partial charge in [-0.05, 0) is 54.7 Å². The second-order valence-electron chi connectivity index (χ2n) is 10.6. The highest BCUT2D eigenvalue weighted by molar-refractivity contribution is 7.92. The molecule has 1 atom stereocenters. The Kier molecular flexibility index (Phi) is 10.8. The molecule has 0 unspecified atom stereocenters. The molecule has 214 valence electrons. The molecule has 0 aliphatic heterocycles. The molecule has 2 amide bonds. The molecule has 0 fully saturated rings. The number of anilines is 1. The lowest BCUT2D eigenvalue weighted by Gasteiger charge is -2.34. The second kappa shape index (κ2) is 13.8. The molecule has 0 spiro atoms. The molecule has 40 heavy (non-hydrogen) atoms. The Morgan fingerprint density at radius 1 is 0.925 bits per heavy atom. The number of benzene rings is 3. The van der Waals surface area contributed by atoms with Crippen LogP contribution in [0, 0.1) is 19.8 Å². The quantitative estimate of drug-likeness (QED) is 0.320. The van der Waals surface area contributed by atoms with Crippen LogP contribution < -0.4 is 9.62 Å². The van der Waals surface area contributed by atoms with E-state index >= 15 is 0 Å². The lowest BCUT2D eigenvalue weighted by molar-refractivity contribution is -0.140. The van der Waals surface area contributed by atoms with Gasteiger partial charge in [0.15, 0.2) is 0 Å². The third-order valence-electron chi connectivity index (χ3n) is 6.52. The number of halogens is 1. The fourth-order valence-electron chi connectivity index (χ4n) is 4.44. The lowest BCUT2D eigenvalue weighted by Crippen LogP contribution is -2.53. The molecule has 0 radical (unpaired) electrons. The van der Waals surface area contributed by atoms with E-state index < -0.39 is 28.5 Å². The summed E-state index contributed by atoms with van der Waals surface area (Å²) >= 11 is 6.10. The van der Waals surface area contributed by atoms with E-state index in [1.165, 1.54) is 4.90 Å². The van der Waals surface area contributed by atoms with Crippen molar-refractivity contribution < 1.29 is 18.0 Å². The van der Waals surface area contributed by atoms with E-state index in [2.05, 4.69) is 5.32 Å². The van der Waals surface area contributed by atoms with Crippen molar-refractivity contribution in [2.75, 3.05) is 23.7 Å². The van der Waals surface area contributed by atoms with Gasteiger partial charge < -0.3 is 10.2 Å². The van der Waals surface area contributed by atoms with Crippen molar-refractivity contribution in [1.82, 2.24) is 10.2 Å². The molecule has 9 heteroatoms. The highest BCUT2D eigenvalue weighted by Crippen LogP contribution is 2.25. The monoisotopic (exact) mass is 583 g/mol. The fraction of sp³-hybridized carbons (Fsp3) is 0.355. The highest BCUT2D eigenvalue weighted by Gasteiger charge is 2.33. The van der Waals surface area contributed by atoms with Crippen LogP contribution in [0.15, 0.2) is 72.8 Å². The number of aryl methyl sites for hydroxylation is 2. The Balaban J connectivity index is 2.06. The van der Waals surface area contributed by atoms with E-state index in [0.717, 1.165) is 32.8 Å². The summed E-state index contributed by atoms with van der Waals surface area (Å²) in [4.78, 5) is 29.2. The minimum atomic E-state index is -3.82. The zero-order valence-corrected chi connectivity index (χ0v) is 25.3. The van der Waals surface area contributed by atoms with Gasteiger partial charge >= 0.3 is 0 Å². The van der Waals surface area contributed by atoms with Crippen LogP contribution in [0.3, 0.4) is 0 Å². The van der Waals surface area contributed by atoms with Crippen LogP contribution >= 0.6 is 11.6 Å². The third-order valence-corrected chi connectivity index (χ3v) is 7.90. The predicted molar refractivity (Wildman–Crippen MR) is 162 cm³/mol. The van der Waals surface area contributed by atoms with Gasteiger partial charge in [-0.25, -0.2) is 8.42 Å². The molecule has 7 nitrogen and oxygen atoms in total.